The van der Waals surface area contributed by atoms with Crippen molar-refractivity contribution in [3.8, 4) is 0 Å². The molecule has 0 fully saturated rings. The van der Waals surface area contributed by atoms with E-state index in [4.69, 9.17) is 0 Å². The van der Waals surface area contributed by atoms with Crippen molar-refractivity contribution in [1.82, 2.24) is 15.5 Å². The van der Waals surface area contributed by atoms with E-state index in [9.17, 15) is 14.4 Å². The number of nitrogens with one attached hydrogen (secondary N) is 3. The van der Waals surface area contributed by atoms with E-state index in [1.807, 2.05) is 48.7 Å². The summed E-state index contributed by atoms with van der Waals surface area (Å²) in [6.07, 6.45) is 1.94. The highest BCUT2D eigenvalue weighted by molar-refractivity contribution is 7.98. The number of hydrogen-bond acceptors (Lipinski definition) is 5. The van der Waals surface area contributed by atoms with Gasteiger partial charge in [-0.25, -0.2) is 4.79 Å². The Kier molecular flexibility index (Phi) is 8.69. The molecule has 0 saturated carbocycles. The normalized spacial score (nSPS) is 11.6. The van der Waals surface area contributed by atoms with Gasteiger partial charge in [-0.15, -0.1) is 11.8 Å². The number of amides is 4. The molecule has 0 aliphatic rings. The number of anilines is 1. The van der Waals surface area contributed by atoms with Crippen LogP contribution in [-0.4, -0.2) is 49.1 Å². The molecule has 0 aliphatic heterocycles. The van der Waals surface area contributed by atoms with Crippen molar-refractivity contribution in [3.05, 3.63) is 60.2 Å². The minimum atomic E-state index is -0.791. The minimum Gasteiger partial charge on any atom is -0.338 e. The number of carbonyl (C=O) groups excluding carboxylic acids is 3. The van der Waals surface area contributed by atoms with Crippen LogP contribution >= 0.6 is 11.8 Å². The summed E-state index contributed by atoms with van der Waals surface area (Å²) >= 11 is 1.54. The molecular formula is C21H26N4O3S. The van der Waals surface area contributed by atoms with Crippen molar-refractivity contribution >= 4 is 35.3 Å². The number of likely N-dealkylation sites (N-methyl/N-ethyl adjacent to an activating group) is 1. The molecule has 0 aromatic heterocycles. The molecule has 0 aliphatic carbocycles. The highest BCUT2D eigenvalue weighted by atomic mass is 32.2. The molecule has 2 aromatic carbocycles. The van der Waals surface area contributed by atoms with Crippen molar-refractivity contribution < 1.29 is 14.4 Å². The SMILES string of the molecule is CCNC(=O)NC(=O)[C@H](c1ccccc1)N(C)CC(=O)Nc1ccccc1SC. The zero-order valence-corrected chi connectivity index (χ0v) is 17.6. The summed E-state index contributed by atoms with van der Waals surface area (Å²) in [4.78, 5) is 39.7. The van der Waals surface area contributed by atoms with Gasteiger partial charge in [-0.2, -0.15) is 0 Å². The molecule has 2 aromatic rings. The number of carbonyl (C=O) groups is 3. The summed E-state index contributed by atoms with van der Waals surface area (Å²) in [6.45, 7) is 2.15. The van der Waals surface area contributed by atoms with E-state index in [0.717, 1.165) is 10.6 Å². The second-order valence-corrected chi connectivity index (χ2v) is 7.17. The molecule has 0 heterocycles. The van der Waals surface area contributed by atoms with Crippen LogP contribution in [0.2, 0.25) is 0 Å². The summed E-state index contributed by atoms with van der Waals surface area (Å²) in [5.41, 5.74) is 1.41. The lowest BCUT2D eigenvalue weighted by molar-refractivity contribution is -0.126. The Bertz CT molecular complexity index is 845. The van der Waals surface area contributed by atoms with Crippen LogP contribution in [0.1, 0.15) is 18.5 Å². The Morgan fingerprint density at radius 1 is 1.03 bits per heavy atom. The van der Waals surface area contributed by atoms with Gasteiger partial charge in [0.1, 0.15) is 6.04 Å². The number of urea groups is 1. The van der Waals surface area contributed by atoms with Gasteiger partial charge in [-0.1, -0.05) is 42.5 Å². The van der Waals surface area contributed by atoms with E-state index in [2.05, 4.69) is 16.0 Å². The zero-order chi connectivity index (χ0) is 21.2. The molecule has 0 spiro atoms. The molecule has 3 N–H and O–H groups in total. The van der Waals surface area contributed by atoms with Gasteiger partial charge in [0.05, 0.1) is 12.2 Å². The van der Waals surface area contributed by atoms with Crippen molar-refractivity contribution in [3.63, 3.8) is 0 Å². The number of imide groups is 1. The number of rotatable bonds is 8. The van der Waals surface area contributed by atoms with Crippen molar-refractivity contribution in [2.75, 3.05) is 31.7 Å². The third-order valence-corrected chi connectivity index (χ3v) is 4.95. The molecule has 4 amide bonds. The third kappa shape index (κ3) is 6.62. The quantitative estimate of drug-likeness (QED) is 0.578. The topological polar surface area (TPSA) is 90.5 Å². The third-order valence-electron chi connectivity index (χ3n) is 4.15. The Morgan fingerprint density at radius 2 is 1.69 bits per heavy atom. The van der Waals surface area contributed by atoms with E-state index < -0.39 is 18.0 Å². The summed E-state index contributed by atoms with van der Waals surface area (Å²) in [5.74, 6) is -0.747. The minimum absolute atomic E-state index is 0.0227. The van der Waals surface area contributed by atoms with Gasteiger partial charge in [0.25, 0.3) is 0 Å². The van der Waals surface area contributed by atoms with E-state index in [0.29, 0.717) is 12.1 Å². The molecule has 1 atom stereocenters. The van der Waals surface area contributed by atoms with Crippen molar-refractivity contribution in [2.24, 2.45) is 0 Å². The molecule has 0 bridgehead atoms. The lowest BCUT2D eigenvalue weighted by atomic mass is 10.0. The van der Waals surface area contributed by atoms with Gasteiger partial charge in [0.15, 0.2) is 0 Å². The molecular weight excluding hydrogens is 388 g/mol. The van der Waals surface area contributed by atoms with E-state index in [-0.39, 0.29) is 12.5 Å². The Labute approximate surface area is 175 Å². The summed E-state index contributed by atoms with van der Waals surface area (Å²) in [5, 5.41) is 7.76. The van der Waals surface area contributed by atoms with Crippen LogP contribution in [0.25, 0.3) is 0 Å². The monoisotopic (exact) mass is 414 g/mol. The van der Waals surface area contributed by atoms with E-state index in [1.54, 1.807) is 31.0 Å². The number of benzene rings is 2. The first-order valence-corrected chi connectivity index (χ1v) is 10.5. The van der Waals surface area contributed by atoms with Gasteiger partial charge in [-0.05, 0) is 37.9 Å². The van der Waals surface area contributed by atoms with Crippen LogP contribution < -0.4 is 16.0 Å². The average molecular weight is 415 g/mol. The van der Waals surface area contributed by atoms with Crippen LogP contribution in [-0.2, 0) is 9.59 Å². The van der Waals surface area contributed by atoms with Crippen LogP contribution in [0.3, 0.4) is 0 Å². The standard InChI is InChI=1S/C21H26N4O3S/c1-4-22-21(28)24-20(27)19(15-10-6-5-7-11-15)25(2)14-18(26)23-16-12-8-9-13-17(16)29-3/h5-13,19H,4,14H2,1-3H3,(H,23,26)(H2,22,24,27,28)/t19-/m0/s1. The zero-order valence-electron chi connectivity index (χ0n) is 16.8. The Balaban J connectivity index is 2.14. The maximum atomic E-state index is 12.8. The number of para-hydroxylation sites is 1. The lowest BCUT2D eigenvalue weighted by Crippen LogP contribution is -2.46. The fourth-order valence-corrected chi connectivity index (χ4v) is 3.44. The number of nitrogens with zero attached hydrogens (tertiary/aromatic N) is 1. The largest absolute Gasteiger partial charge is 0.338 e. The van der Waals surface area contributed by atoms with Crippen LogP contribution in [0.15, 0.2) is 59.5 Å². The van der Waals surface area contributed by atoms with Gasteiger partial charge < -0.3 is 10.6 Å². The van der Waals surface area contributed by atoms with Gasteiger partial charge in [0.2, 0.25) is 11.8 Å². The fourth-order valence-electron chi connectivity index (χ4n) is 2.88. The summed E-state index contributed by atoms with van der Waals surface area (Å²) in [6, 6.07) is 15.2. The van der Waals surface area contributed by atoms with Crippen molar-refractivity contribution in [1.29, 1.82) is 0 Å². The molecule has 7 nitrogen and oxygen atoms in total. The smallest absolute Gasteiger partial charge is 0.321 e. The number of thioether (sulfide) groups is 1. The highest BCUT2D eigenvalue weighted by Crippen LogP contribution is 2.25. The molecule has 0 radical (unpaired) electrons. The van der Waals surface area contributed by atoms with Crippen LogP contribution in [0.5, 0.6) is 0 Å². The predicted octanol–water partition coefficient (Wildman–Crippen LogP) is 2.87. The second-order valence-electron chi connectivity index (χ2n) is 6.33. The maximum absolute atomic E-state index is 12.8. The predicted molar refractivity (Wildman–Crippen MR) is 116 cm³/mol. The average Bonchev–Trinajstić information content (AvgIpc) is 2.69. The second kappa shape index (κ2) is 11.2. The first kappa shape index (κ1) is 22.4. The highest BCUT2D eigenvalue weighted by Gasteiger charge is 2.27. The maximum Gasteiger partial charge on any atom is 0.321 e. The first-order valence-electron chi connectivity index (χ1n) is 9.23. The fraction of sp³-hybridized carbons (Fsp3) is 0.286. The van der Waals surface area contributed by atoms with Gasteiger partial charge >= 0.3 is 6.03 Å². The lowest BCUT2D eigenvalue weighted by Gasteiger charge is -2.27. The molecule has 0 saturated heterocycles. The van der Waals surface area contributed by atoms with E-state index >= 15 is 0 Å². The molecule has 0 unspecified atom stereocenters. The Morgan fingerprint density at radius 3 is 2.34 bits per heavy atom. The summed E-state index contributed by atoms with van der Waals surface area (Å²) < 4.78 is 0. The molecule has 2 rings (SSSR count). The Hall–Kier alpha value is -2.84. The summed E-state index contributed by atoms with van der Waals surface area (Å²) in [7, 11) is 1.68. The van der Waals surface area contributed by atoms with Crippen LogP contribution in [0, 0.1) is 0 Å². The van der Waals surface area contributed by atoms with E-state index in [1.165, 1.54) is 11.8 Å². The van der Waals surface area contributed by atoms with Gasteiger partial charge in [-0.3, -0.25) is 19.8 Å². The van der Waals surface area contributed by atoms with Crippen molar-refractivity contribution in [2.45, 2.75) is 17.9 Å². The molecule has 154 valence electrons. The molecule has 8 heteroatoms. The number of hydrogen-bond donors (Lipinski definition) is 3. The van der Waals surface area contributed by atoms with Gasteiger partial charge in [0, 0.05) is 11.4 Å². The molecule has 29 heavy (non-hydrogen) atoms. The van der Waals surface area contributed by atoms with Crippen LogP contribution in [0.4, 0.5) is 10.5 Å². The first-order chi connectivity index (χ1) is 14.0.